The fraction of sp³-hybridized carbons (Fsp3) is 0.353. The van der Waals surface area contributed by atoms with Gasteiger partial charge in [0, 0.05) is 13.0 Å². The summed E-state index contributed by atoms with van der Waals surface area (Å²) in [5, 5.41) is 12.5. The lowest BCUT2D eigenvalue weighted by Crippen LogP contribution is -2.35. The van der Waals surface area contributed by atoms with Gasteiger partial charge in [-0.05, 0) is 36.8 Å². The Morgan fingerprint density at radius 3 is 2.86 bits per heavy atom. The number of benzene rings is 1. The molecule has 0 saturated carbocycles. The molecule has 5 heteroatoms. The van der Waals surface area contributed by atoms with Gasteiger partial charge in [-0.1, -0.05) is 19.1 Å². The number of aliphatic hydroxyl groups excluding tert-OH is 1. The van der Waals surface area contributed by atoms with Crippen LogP contribution in [0, 0.1) is 6.92 Å². The van der Waals surface area contributed by atoms with Crippen LogP contribution in [0.5, 0.6) is 5.75 Å². The summed E-state index contributed by atoms with van der Waals surface area (Å²) in [6, 6.07) is 11.0. The number of amides is 1. The van der Waals surface area contributed by atoms with E-state index >= 15 is 0 Å². The van der Waals surface area contributed by atoms with Crippen molar-refractivity contribution in [3.8, 4) is 5.75 Å². The number of aliphatic hydroxyl groups is 1. The average Bonchev–Trinajstić information content (AvgIpc) is 3.00. The first-order chi connectivity index (χ1) is 10.6. The van der Waals surface area contributed by atoms with E-state index in [9.17, 15) is 9.90 Å². The van der Waals surface area contributed by atoms with Gasteiger partial charge in [0.2, 0.25) is 0 Å². The van der Waals surface area contributed by atoms with Crippen LogP contribution in [0.15, 0.2) is 40.8 Å². The second-order valence-electron chi connectivity index (χ2n) is 5.11. The normalized spacial score (nSPS) is 12.0. The molecule has 1 atom stereocenters. The van der Waals surface area contributed by atoms with Crippen LogP contribution in [0.4, 0.5) is 0 Å². The van der Waals surface area contributed by atoms with E-state index in [1.807, 2.05) is 38.1 Å². The van der Waals surface area contributed by atoms with Crippen molar-refractivity contribution >= 4 is 5.91 Å². The van der Waals surface area contributed by atoms with Crippen LogP contribution in [0.2, 0.25) is 0 Å². The topological polar surface area (TPSA) is 71.7 Å². The molecule has 1 amide bonds. The molecule has 1 unspecified atom stereocenters. The molecule has 22 heavy (non-hydrogen) atoms. The number of hydrogen-bond acceptors (Lipinski definition) is 4. The third-order valence-corrected chi connectivity index (χ3v) is 3.16. The van der Waals surface area contributed by atoms with E-state index in [1.165, 1.54) is 0 Å². The smallest absolute Gasteiger partial charge is 0.287 e. The van der Waals surface area contributed by atoms with E-state index in [2.05, 4.69) is 5.32 Å². The van der Waals surface area contributed by atoms with Crippen molar-refractivity contribution in [1.29, 1.82) is 0 Å². The Hall–Kier alpha value is -2.27. The summed E-state index contributed by atoms with van der Waals surface area (Å²) < 4.78 is 10.8. The summed E-state index contributed by atoms with van der Waals surface area (Å²) in [4.78, 5) is 11.8. The highest BCUT2D eigenvalue weighted by molar-refractivity contribution is 5.91. The van der Waals surface area contributed by atoms with Gasteiger partial charge in [-0.25, -0.2) is 0 Å². The predicted molar refractivity (Wildman–Crippen MR) is 83.1 cm³/mol. The van der Waals surface area contributed by atoms with Crippen LogP contribution in [-0.4, -0.2) is 30.3 Å². The number of hydrogen-bond donors (Lipinski definition) is 2. The number of rotatable bonds is 7. The van der Waals surface area contributed by atoms with Gasteiger partial charge < -0.3 is 19.6 Å². The Morgan fingerprint density at radius 2 is 2.18 bits per heavy atom. The summed E-state index contributed by atoms with van der Waals surface area (Å²) in [5.74, 6) is 1.37. The molecule has 1 heterocycles. The van der Waals surface area contributed by atoms with Gasteiger partial charge in [0.15, 0.2) is 5.76 Å². The number of furan rings is 1. The van der Waals surface area contributed by atoms with Gasteiger partial charge in [0.05, 0.1) is 0 Å². The zero-order valence-corrected chi connectivity index (χ0v) is 12.8. The molecule has 1 aromatic heterocycles. The predicted octanol–water partition coefficient (Wildman–Crippen LogP) is 2.32. The first-order valence-corrected chi connectivity index (χ1v) is 7.33. The maximum Gasteiger partial charge on any atom is 0.287 e. The molecule has 2 rings (SSSR count). The van der Waals surface area contributed by atoms with Crippen molar-refractivity contribution in [2.24, 2.45) is 0 Å². The molecular formula is C17H21NO4. The van der Waals surface area contributed by atoms with Crippen molar-refractivity contribution in [1.82, 2.24) is 5.32 Å². The van der Waals surface area contributed by atoms with E-state index in [4.69, 9.17) is 9.15 Å². The van der Waals surface area contributed by atoms with Crippen LogP contribution in [0.3, 0.4) is 0 Å². The maximum absolute atomic E-state index is 11.8. The van der Waals surface area contributed by atoms with Crippen LogP contribution in [0.1, 0.15) is 28.8 Å². The number of carbonyl (C=O) groups excluding carboxylic acids is 1. The summed E-state index contributed by atoms with van der Waals surface area (Å²) in [7, 11) is 0. The van der Waals surface area contributed by atoms with Crippen LogP contribution in [0.25, 0.3) is 0 Å². The second-order valence-corrected chi connectivity index (χ2v) is 5.11. The molecule has 118 valence electrons. The van der Waals surface area contributed by atoms with Gasteiger partial charge in [0.25, 0.3) is 5.91 Å². The summed E-state index contributed by atoms with van der Waals surface area (Å²) >= 11 is 0. The lowest BCUT2D eigenvalue weighted by molar-refractivity contribution is 0.0821. The average molecular weight is 303 g/mol. The van der Waals surface area contributed by atoms with Crippen molar-refractivity contribution in [2.75, 3.05) is 13.2 Å². The quantitative estimate of drug-likeness (QED) is 0.823. The molecule has 0 bridgehead atoms. The molecule has 5 nitrogen and oxygen atoms in total. The maximum atomic E-state index is 11.8. The first-order valence-electron chi connectivity index (χ1n) is 7.33. The fourth-order valence-electron chi connectivity index (χ4n) is 1.94. The molecule has 0 aliphatic heterocycles. The molecule has 0 spiro atoms. The molecule has 0 radical (unpaired) electrons. The number of aryl methyl sites for hydroxylation is 2. The highest BCUT2D eigenvalue weighted by Crippen LogP contribution is 2.12. The molecule has 0 fully saturated rings. The van der Waals surface area contributed by atoms with Crippen LogP contribution >= 0.6 is 0 Å². The van der Waals surface area contributed by atoms with Crippen molar-refractivity contribution in [3.63, 3.8) is 0 Å². The number of carbonyl (C=O) groups is 1. The lowest BCUT2D eigenvalue weighted by atomic mass is 10.2. The Labute approximate surface area is 129 Å². The lowest BCUT2D eigenvalue weighted by Gasteiger charge is -2.13. The molecule has 1 aromatic carbocycles. The standard InChI is InChI=1S/C17H21NO4/c1-3-14-7-8-16(22-14)17(20)18-10-13(19)11-21-15-6-4-5-12(2)9-15/h4-9,13,19H,3,10-11H2,1-2H3,(H,18,20). The minimum Gasteiger partial charge on any atom is -0.491 e. The molecule has 2 N–H and O–H groups in total. The third-order valence-electron chi connectivity index (χ3n) is 3.16. The van der Waals surface area contributed by atoms with Gasteiger partial charge in [-0.3, -0.25) is 4.79 Å². The molecule has 2 aromatic rings. The van der Waals surface area contributed by atoms with E-state index in [0.29, 0.717) is 5.75 Å². The van der Waals surface area contributed by atoms with E-state index in [0.717, 1.165) is 17.7 Å². The fourth-order valence-corrected chi connectivity index (χ4v) is 1.94. The Bertz CT molecular complexity index is 621. The van der Waals surface area contributed by atoms with Gasteiger partial charge >= 0.3 is 0 Å². The van der Waals surface area contributed by atoms with E-state index in [-0.39, 0.29) is 24.8 Å². The van der Waals surface area contributed by atoms with E-state index < -0.39 is 6.10 Å². The molecule has 0 aliphatic carbocycles. The van der Waals surface area contributed by atoms with Crippen molar-refractivity contribution in [2.45, 2.75) is 26.4 Å². The highest BCUT2D eigenvalue weighted by atomic mass is 16.5. The van der Waals surface area contributed by atoms with Crippen LogP contribution < -0.4 is 10.1 Å². The Morgan fingerprint density at radius 1 is 1.36 bits per heavy atom. The van der Waals surface area contributed by atoms with Gasteiger partial charge in [-0.2, -0.15) is 0 Å². The van der Waals surface area contributed by atoms with Gasteiger partial charge in [0.1, 0.15) is 24.2 Å². The molecule has 0 aliphatic rings. The monoisotopic (exact) mass is 303 g/mol. The number of ether oxygens (including phenoxy) is 1. The van der Waals surface area contributed by atoms with Crippen molar-refractivity contribution in [3.05, 3.63) is 53.5 Å². The first kappa shape index (κ1) is 16.1. The van der Waals surface area contributed by atoms with E-state index in [1.54, 1.807) is 12.1 Å². The summed E-state index contributed by atoms with van der Waals surface area (Å²) in [5.41, 5.74) is 1.09. The third kappa shape index (κ3) is 4.63. The second kappa shape index (κ2) is 7.66. The Balaban J connectivity index is 1.75. The van der Waals surface area contributed by atoms with Crippen LogP contribution in [-0.2, 0) is 6.42 Å². The zero-order chi connectivity index (χ0) is 15.9. The minimum absolute atomic E-state index is 0.104. The largest absolute Gasteiger partial charge is 0.491 e. The molecular weight excluding hydrogens is 282 g/mol. The zero-order valence-electron chi connectivity index (χ0n) is 12.8. The van der Waals surface area contributed by atoms with Crippen molar-refractivity contribution < 1.29 is 19.1 Å². The van der Waals surface area contributed by atoms with Gasteiger partial charge in [-0.15, -0.1) is 0 Å². The number of nitrogens with one attached hydrogen (secondary N) is 1. The molecule has 0 saturated heterocycles. The highest BCUT2D eigenvalue weighted by Gasteiger charge is 2.13. The Kier molecular flexibility index (Phi) is 5.61. The minimum atomic E-state index is -0.787. The summed E-state index contributed by atoms with van der Waals surface area (Å²) in [6.45, 7) is 4.14. The SMILES string of the molecule is CCc1ccc(C(=O)NCC(O)COc2cccc(C)c2)o1. The summed E-state index contributed by atoms with van der Waals surface area (Å²) in [6.07, 6.45) is -0.0506.